The minimum absolute atomic E-state index is 0.187. The van der Waals surface area contributed by atoms with E-state index in [4.69, 9.17) is 5.11 Å². The Labute approximate surface area is 115 Å². The number of rotatable bonds is 5. The minimum Gasteiger partial charge on any atom is -0.481 e. The Morgan fingerprint density at radius 1 is 1.40 bits per heavy atom. The molecule has 0 aromatic carbocycles. The molecule has 1 unspecified atom stereocenters. The second-order valence-corrected chi connectivity index (χ2v) is 7.22. The average Bonchev–Trinajstić information content (AvgIpc) is 2.73. The number of aliphatic carboxylic acids is 1. The highest BCUT2D eigenvalue weighted by Crippen LogP contribution is 2.38. The van der Waals surface area contributed by atoms with E-state index in [0.29, 0.717) is 10.7 Å². The van der Waals surface area contributed by atoms with Gasteiger partial charge in [0.2, 0.25) is 10.0 Å². The van der Waals surface area contributed by atoms with Crippen LogP contribution < -0.4 is 0 Å². The minimum atomic E-state index is -4.72. The Bertz CT molecular complexity index is 463. The average molecular weight is 317 g/mol. The van der Waals surface area contributed by atoms with E-state index in [1.165, 1.54) is 0 Å². The third-order valence-corrected chi connectivity index (χ3v) is 5.68. The lowest BCUT2D eigenvalue weighted by Crippen LogP contribution is -2.35. The second-order valence-electron chi connectivity index (χ2n) is 5.20. The van der Waals surface area contributed by atoms with E-state index in [-0.39, 0.29) is 11.7 Å². The van der Waals surface area contributed by atoms with E-state index < -0.39 is 47.1 Å². The highest BCUT2D eigenvalue weighted by molar-refractivity contribution is 7.89. The molecule has 0 spiro atoms. The number of hydrogen-bond acceptors (Lipinski definition) is 3. The van der Waals surface area contributed by atoms with Gasteiger partial charge in [0.25, 0.3) is 0 Å². The molecule has 0 radical (unpaired) electrons. The van der Waals surface area contributed by atoms with Crippen molar-refractivity contribution in [1.29, 1.82) is 0 Å². The molecule has 3 atom stereocenters. The molecule has 1 heterocycles. The van der Waals surface area contributed by atoms with Gasteiger partial charge in [0.1, 0.15) is 0 Å². The second kappa shape index (κ2) is 5.88. The fraction of sp³-hybridized carbons (Fsp3) is 0.909. The van der Waals surface area contributed by atoms with Crippen LogP contribution in [0.2, 0.25) is 0 Å². The van der Waals surface area contributed by atoms with Gasteiger partial charge in [-0.2, -0.15) is 13.2 Å². The highest BCUT2D eigenvalue weighted by atomic mass is 32.2. The van der Waals surface area contributed by atoms with Crippen molar-refractivity contribution in [2.24, 2.45) is 17.8 Å². The van der Waals surface area contributed by atoms with Crippen molar-refractivity contribution in [2.75, 3.05) is 18.8 Å². The molecule has 20 heavy (non-hydrogen) atoms. The zero-order valence-corrected chi connectivity index (χ0v) is 12.0. The van der Waals surface area contributed by atoms with Crippen LogP contribution in [0, 0.1) is 17.8 Å². The number of sulfonamides is 1. The lowest BCUT2D eigenvalue weighted by molar-refractivity contribution is -0.187. The summed E-state index contributed by atoms with van der Waals surface area (Å²) in [5.74, 6) is -5.95. The molecule has 0 amide bonds. The van der Waals surface area contributed by atoms with Gasteiger partial charge in [0.15, 0.2) is 0 Å². The van der Waals surface area contributed by atoms with Gasteiger partial charge in [0.05, 0.1) is 17.6 Å². The van der Waals surface area contributed by atoms with E-state index in [0.717, 1.165) is 0 Å². The van der Waals surface area contributed by atoms with Crippen LogP contribution >= 0.6 is 0 Å². The molecule has 1 aliphatic rings. The van der Waals surface area contributed by atoms with E-state index in [1.807, 2.05) is 0 Å². The number of hydrogen-bond donors (Lipinski definition) is 1. The quantitative estimate of drug-likeness (QED) is 0.835. The molecular weight excluding hydrogens is 299 g/mol. The van der Waals surface area contributed by atoms with Gasteiger partial charge in [-0.15, -0.1) is 0 Å². The fourth-order valence-electron chi connectivity index (χ4n) is 2.16. The highest BCUT2D eigenvalue weighted by Gasteiger charge is 2.54. The summed E-state index contributed by atoms with van der Waals surface area (Å²) in [6.07, 6.45) is -4.14. The first-order valence-corrected chi connectivity index (χ1v) is 7.87. The van der Waals surface area contributed by atoms with Crippen LogP contribution in [0.3, 0.4) is 0 Å². The van der Waals surface area contributed by atoms with E-state index in [2.05, 4.69) is 0 Å². The molecular formula is C11H18F3NO4S. The van der Waals surface area contributed by atoms with E-state index in [9.17, 15) is 26.4 Å². The normalized spacial score (nSPS) is 26.6. The van der Waals surface area contributed by atoms with Gasteiger partial charge in [-0.05, 0) is 5.92 Å². The maximum Gasteiger partial charge on any atom is 0.393 e. The van der Waals surface area contributed by atoms with Crippen molar-refractivity contribution in [2.45, 2.75) is 26.4 Å². The molecule has 1 aliphatic heterocycles. The summed E-state index contributed by atoms with van der Waals surface area (Å²) < 4.78 is 63.0. The zero-order chi connectivity index (χ0) is 15.7. The molecule has 0 aliphatic carbocycles. The smallest absolute Gasteiger partial charge is 0.393 e. The summed E-state index contributed by atoms with van der Waals surface area (Å²) in [6, 6.07) is 0. The van der Waals surface area contributed by atoms with E-state index >= 15 is 0 Å². The molecule has 1 rings (SSSR count). The SMILES string of the molecule is CCC(C)CS(=O)(=O)N1C[C@@H](C(F)(F)F)[C@H](C(=O)O)C1. The molecule has 0 aromatic heterocycles. The van der Waals surface area contributed by atoms with E-state index in [1.54, 1.807) is 13.8 Å². The summed E-state index contributed by atoms with van der Waals surface area (Å²) in [5.41, 5.74) is 0. The molecule has 1 N–H and O–H groups in total. The third kappa shape index (κ3) is 3.85. The summed E-state index contributed by atoms with van der Waals surface area (Å²) >= 11 is 0. The fourth-order valence-corrected chi connectivity index (χ4v) is 4.10. The largest absolute Gasteiger partial charge is 0.481 e. The van der Waals surface area contributed by atoms with Gasteiger partial charge in [0, 0.05) is 13.1 Å². The monoisotopic (exact) mass is 317 g/mol. The van der Waals surface area contributed by atoms with Crippen LogP contribution in [0.25, 0.3) is 0 Å². The maximum atomic E-state index is 12.8. The molecule has 9 heteroatoms. The standard InChI is InChI=1S/C11H18F3NO4S/c1-3-7(2)6-20(18,19)15-4-8(10(16)17)9(5-15)11(12,13)14/h7-9H,3-6H2,1-2H3,(H,16,17)/t7?,8-,9-/m1/s1. The first-order valence-electron chi connectivity index (χ1n) is 6.26. The Morgan fingerprint density at radius 3 is 2.30 bits per heavy atom. The lowest BCUT2D eigenvalue weighted by Gasteiger charge is -2.19. The number of nitrogens with zero attached hydrogens (tertiary/aromatic N) is 1. The van der Waals surface area contributed by atoms with Crippen molar-refractivity contribution in [3.05, 3.63) is 0 Å². The Hall–Kier alpha value is -0.830. The number of carbonyl (C=O) groups is 1. The number of alkyl halides is 3. The first kappa shape index (κ1) is 17.2. The topological polar surface area (TPSA) is 74.7 Å². The predicted molar refractivity (Wildman–Crippen MR) is 65.5 cm³/mol. The molecule has 0 aromatic rings. The van der Waals surface area contributed by atoms with Crippen molar-refractivity contribution in [3.63, 3.8) is 0 Å². The van der Waals surface area contributed by atoms with Crippen LogP contribution in [0.15, 0.2) is 0 Å². The molecule has 5 nitrogen and oxygen atoms in total. The zero-order valence-electron chi connectivity index (χ0n) is 11.2. The van der Waals surface area contributed by atoms with Crippen LogP contribution in [0.1, 0.15) is 20.3 Å². The van der Waals surface area contributed by atoms with Gasteiger partial charge >= 0.3 is 12.1 Å². The predicted octanol–water partition coefficient (Wildman–Crippen LogP) is 1.56. The van der Waals surface area contributed by atoms with Crippen LogP contribution in [0.4, 0.5) is 13.2 Å². The Balaban J connectivity index is 2.93. The summed E-state index contributed by atoms with van der Waals surface area (Å²) in [4.78, 5) is 10.9. The van der Waals surface area contributed by atoms with Gasteiger partial charge in [-0.1, -0.05) is 20.3 Å². The molecule has 118 valence electrons. The summed E-state index contributed by atoms with van der Waals surface area (Å²) in [5, 5.41) is 8.84. The van der Waals surface area contributed by atoms with Crippen molar-refractivity contribution < 1.29 is 31.5 Å². The summed E-state index contributed by atoms with van der Waals surface area (Å²) in [6.45, 7) is 2.05. The molecule has 1 fully saturated rings. The third-order valence-electron chi connectivity index (χ3n) is 3.61. The number of carboxylic acids is 1. The van der Waals surface area contributed by atoms with Gasteiger partial charge in [-0.25, -0.2) is 12.7 Å². The van der Waals surface area contributed by atoms with Crippen LogP contribution in [0.5, 0.6) is 0 Å². The van der Waals surface area contributed by atoms with Crippen molar-refractivity contribution in [1.82, 2.24) is 4.31 Å². The lowest BCUT2D eigenvalue weighted by atomic mass is 9.96. The molecule has 0 saturated carbocycles. The summed E-state index contributed by atoms with van der Waals surface area (Å²) in [7, 11) is -3.86. The Kier molecular flexibility index (Phi) is 5.07. The van der Waals surface area contributed by atoms with Crippen molar-refractivity contribution >= 4 is 16.0 Å². The van der Waals surface area contributed by atoms with Crippen LogP contribution in [-0.4, -0.2) is 48.8 Å². The first-order chi connectivity index (χ1) is 8.99. The molecule has 1 saturated heterocycles. The Morgan fingerprint density at radius 2 is 1.95 bits per heavy atom. The van der Waals surface area contributed by atoms with Crippen LogP contribution in [-0.2, 0) is 14.8 Å². The number of halogens is 3. The maximum absolute atomic E-state index is 12.8. The molecule has 0 bridgehead atoms. The van der Waals surface area contributed by atoms with Gasteiger partial charge < -0.3 is 5.11 Å². The van der Waals surface area contributed by atoms with Crippen molar-refractivity contribution in [3.8, 4) is 0 Å². The van der Waals surface area contributed by atoms with Gasteiger partial charge in [-0.3, -0.25) is 4.79 Å². The number of carboxylic acid groups (broad SMARTS) is 1.